The molecule has 6 nitrogen and oxygen atoms in total. The third-order valence-corrected chi connectivity index (χ3v) is 4.91. The summed E-state index contributed by atoms with van der Waals surface area (Å²) in [5.74, 6) is 0.176. The number of carbonyl (C=O) groups is 2. The lowest BCUT2D eigenvalue weighted by molar-refractivity contribution is 0.0734. The Morgan fingerprint density at radius 2 is 1.69 bits per heavy atom. The summed E-state index contributed by atoms with van der Waals surface area (Å²) in [4.78, 5) is 24.8. The molecule has 0 radical (unpaired) electrons. The van der Waals surface area contributed by atoms with Gasteiger partial charge < -0.3 is 9.47 Å². The van der Waals surface area contributed by atoms with Crippen molar-refractivity contribution in [2.75, 3.05) is 6.61 Å². The van der Waals surface area contributed by atoms with E-state index in [0.717, 1.165) is 16.5 Å². The second-order valence-corrected chi connectivity index (χ2v) is 7.93. The molecule has 0 atom stereocenters. The summed E-state index contributed by atoms with van der Waals surface area (Å²) in [6.45, 7) is 4.59. The van der Waals surface area contributed by atoms with E-state index in [1.165, 1.54) is 6.21 Å². The highest BCUT2D eigenvalue weighted by molar-refractivity contribution is 9.10. The first-order valence-corrected chi connectivity index (χ1v) is 10.9. The van der Waals surface area contributed by atoms with Gasteiger partial charge in [-0.3, -0.25) is 4.79 Å². The van der Waals surface area contributed by atoms with Gasteiger partial charge in [0.15, 0.2) is 0 Å². The number of nitrogens with zero attached hydrogens (tertiary/aromatic N) is 1. The highest BCUT2D eigenvalue weighted by Gasteiger charge is 2.12. The molecule has 1 N–H and O–H groups in total. The van der Waals surface area contributed by atoms with E-state index in [1.807, 2.05) is 26.0 Å². The van der Waals surface area contributed by atoms with Crippen LogP contribution in [0, 0.1) is 6.92 Å². The molecular formula is C25H23BrN2O4. The van der Waals surface area contributed by atoms with Gasteiger partial charge in [0.1, 0.15) is 11.5 Å². The zero-order chi connectivity index (χ0) is 22.9. The standard InChI is InChI=1S/C25H23BrN2O4/c1-3-14-31-22-11-8-19(9-12-22)25(30)32-23-13-10-21(26)15-20(23)16-27-28-24(29)18-6-4-17(2)5-7-18/h4-13,15-16H,3,14H2,1-2H3,(H,28,29)/b27-16+. The van der Waals surface area contributed by atoms with E-state index in [0.29, 0.717) is 34.8 Å². The molecule has 0 aliphatic carbocycles. The molecule has 0 saturated heterocycles. The van der Waals surface area contributed by atoms with Crippen LogP contribution in [-0.4, -0.2) is 24.7 Å². The number of hydrogen-bond donors (Lipinski definition) is 1. The molecule has 0 aromatic heterocycles. The Morgan fingerprint density at radius 3 is 2.38 bits per heavy atom. The third-order valence-electron chi connectivity index (χ3n) is 4.42. The van der Waals surface area contributed by atoms with Crippen molar-refractivity contribution >= 4 is 34.0 Å². The van der Waals surface area contributed by atoms with Gasteiger partial charge in [-0.2, -0.15) is 5.10 Å². The Morgan fingerprint density at radius 1 is 1.00 bits per heavy atom. The van der Waals surface area contributed by atoms with Gasteiger partial charge in [0.25, 0.3) is 5.91 Å². The van der Waals surface area contributed by atoms with Gasteiger partial charge in [-0.25, -0.2) is 10.2 Å². The Kier molecular flexibility index (Phi) is 8.16. The van der Waals surface area contributed by atoms with Crippen molar-refractivity contribution in [2.24, 2.45) is 5.10 Å². The van der Waals surface area contributed by atoms with Crippen molar-refractivity contribution in [1.29, 1.82) is 0 Å². The molecule has 164 valence electrons. The molecule has 1 amide bonds. The van der Waals surface area contributed by atoms with Crippen LogP contribution < -0.4 is 14.9 Å². The number of amides is 1. The lowest BCUT2D eigenvalue weighted by Gasteiger charge is -2.09. The highest BCUT2D eigenvalue weighted by atomic mass is 79.9. The summed E-state index contributed by atoms with van der Waals surface area (Å²) in [6, 6.07) is 19.1. The van der Waals surface area contributed by atoms with E-state index in [1.54, 1.807) is 54.6 Å². The van der Waals surface area contributed by atoms with E-state index in [4.69, 9.17) is 9.47 Å². The summed E-state index contributed by atoms with van der Waals surface area (Å²) in [7, 11) is 0. The first-order chi connectivity index (χ1) is 15.5. The van der Waals surface area contributed by atoms with Gasteiger partial charge in [0, 0.05) is 15.6 Å². The maximum atomic E-state index is 12.6. The Hall–Kier alpha value is -3.45. The number of esters is 1. The van der Waals surface area contributed by atoms with Crippen molar-refractivity contribution in [1.82, 2.24) is 5.43 Å². The SMILES string of the molecule is CCCOc1ccc(C(=O)Oc2ccc(Br)cc2/C=N/NC(=O)c2ccc(C)cc2)cc1. The molecule has 0 aliphatic rings. The molecule has 3 rings (SSSR count). The zero-order valence-electron chi connectivity index (χ0n) is 17.8. The van der Waals surface area contributed by atoms with Crippen LogP contribution in [0.25, 0.3) is 0 Å². The summed E-state index contributed by atoms with van der Waals surface area (Å²) >= 11 is 3.40. The van der Waals surface area contributed by atoms with Gasteiger partial charge in [-0.15, -0.1) is 0 Å². The molecule has 3 aromatic rings. The molecule has 0 unspecified atom stereocenters. The highest BCUT2D eigenvalue weighted by Crippen LogP contribution is 2.23. The fourth-order valence-corrected chi connectivity index (χ4v) is 3.09. The van der Waals surface area contributed by atoms with E-state index in [9.17, 15) is 9.59 Å². The third kappa shape index (κ3) is 6.52. The van der Waals surface area contributed by atoms with Crippen LogP contribution in [0.1, 0.15) is 45.2 Å². The maximum absolute atomic E-state index is 12.6. The molecule has 0 fully saturated rings. The molecule has 3 aromatic carbocycles. The quantitative estimate of drug-likeness (QED) is 0.193. The monoisotopic (exact) mass is 494 g/mol. The molecule has 0 saturated carbocycles. The first-order valence-electron chi connectivity index (χ1n) is 10.1. The average Bonchev–Trinajstić information content (AvgIpc) is 2.80. The Labute approximate surface area is 195 Å². The number of aryl methyl sites for hydroxylation is 1. The van der Waals surface area contributed by atoms with Crippen LogP contribution in [0.15, 0.2) is 76.3 Å². The minimum atomic E-state index is -0.507. The van der Waals surface area contributed by atoms with Crippen molar-refractivity contribution in [2.45, 2.75) is 20.3 Å². The minimum Gasteiger partial charge on any atom is -0.494 e. The van der Waals surface area contributed by atoms with Crippen LogP contribution in [0.4, 0.5) is 0 Å². The summed E-state index contributed by atoms with van der Waals surface area (Å²) < 4.78 is 11.9. The van der Waals surface area contributed by atoms with Crippen LogP contribution in [0.2, 0.25) is 0 Å². The maximum Gasteiger partial charge on any atom is 0.343 e. The van der Waals surface area contributed by atoms with E-state index in [-0.39, 0.29) is 5.91 Å². The van der Waals surface area contributed by atoms with E-state index < -0.39 is 5.97 Å². The predicted octanol–water partition coefficient (Wildman–Crippen LogP) is 5.53. The van der Waals surface area contributed by atoms with Crippen molar-refractivity contribution < 1.29 is 19.1 Å². The number of halogens is 1. The van der Waals surface area contributed by atoms with Gasteiger partial charge in [-0.05, 0) is 67.9 Å². The molecule has 0 heterocycles. The number of rotatable bonds is 8. The van der Waals surface area contributed by atoms with Crippen molar-refractivity contribution in [3.63, 3.8) is 0 Å². The summed E-state index contributed by atoms with van der Waals surface area (Å²) in [6.07, 6.45) is 2.34. The number of hydrazone groups is 1. The van der Waals surface area contributed by atoms with Gasteiger partial charge in [0.2, 0.25) is 0 Å². The molecule has 0 bridgehead atoms. The normalized spacial score (nSPS) is 10.7. The van der Waals surface area contributed by atoms with E-state index in [2.05, 4.69) is 26.5 Å². The molecular weight excluding hydrogens is 472 g/mol. The van der Waals surface area contributed by atoms with Gasteiger partial charge in [0.05, 0.1) is 18.4 Å². The average molecular weight is 495 g/mol. The predicted molar refractivity (Wildman–Crippen MR) is 128 cm³/mol. The second-order valence-electron chi connectivity index (χ2n) is 7.01. The van der Waals surface area contributed by atoms with Crippen LogP contribution in [-0.2, 0) is 0 Å². The van der Waals surface area contributed by atoms with Gasteiger partial charge in [-0.1, -0.05) is 40.5 Å². The molecule has 7 heteroatoms. The number of ether oxygens (including phenoxy) is 2. The molecule has 0 spiro atoms. The van der Waals surface area contributed by atoms with Crippen LogP contribution in [0.5, 0.6) is 11.5 Å². The van der Waals surface area contributed by atoms with E-state index >= 15 is 0 Å². The largest absolute Gasteiger partial charge is 0.494 e. The minimum absolute atomic E-state index is 0.317. The number of nitrogens with one attached hydrogen (secondary N) is 1. The molecule has 32 heavy (non-hydrogen) atoms. The molecule has 0 aliphatic heterocycles. The van der Waals surface area contributed by atoms with Crippen molar-refractivity contribution in [3.8, 4) is 11.5 Å². The van der Waals surface area contributed by atoms with Crippen LogP contribution in [0.3, 0.4) is 0 Å². The Bertz CT molecular complexity index is 1110. The topological polar surface area (TPSA) is 77.0 Å². The second kappa shape index (κ2) is 11.2. The Balaban J connectivity index is 1.69. The fraction of sp³-hybridized carbons (Fsp3) is 0.160. The first kappa shape index (κ1) is 23.2. The lowest BCUT2D eigenvalue weighted by Crippen LogP contribution is -2.17. The summed E-state index contributed by atoms with van der Waals surface area (Å²) in [5.41, 5.74) is 4.97. The number of benzene rings is 3. The lowest BCUT2D eigenvalue weighted by atomic mass is 10.1. The number of carbonyl (C=O) groups excluding carboxylic acids is 2. The van der Waals surface area contributed by atoms with Gasteiger partial charge >= 0.3 is 5.97 Å². The smallest absolute Gasteiger partial charge is 0.343 e. The summed E-state index contributed by atoms with van der Waals surface area (Å²) in [5, 5.41) is 4.01. The van der Waals surface area contributed by atoms with Crippen LogP contribution >= 0.6 is 15.9 Å². The van der Waals surface area contributed by atoms with Crippen molar-refractivity contribution in [3.05, 3.63) is 93.5 Å². The number of hydrogen-bond acceptors (Lipinski definition) is 5. The zero-order valence-corrected chi connectivity index (χ0v) is 19.4. The fourth-order valence-electron chi connectivity index (χ4n) is 2.71.